The number of nitro groups is 1. The van der Waals surface area contributed by atoms with Crippen molar-refractivity contribution in [3.8, 4) is 6.07 Å². The first kappa shape index (κ1) is 20.5. The molecular weight excluding hydrogens is 408 g/mol. The number of imide groups is 1. The zero-order valence-electron chi connectivity index (χ0n) is 16.9. The summed E-state index contributed by atoms with van der Waals surface area (Å²) in [5.41, 5.74) is 2.80. The Morgan fingerprint density at radius 3 is 2.09 bits per heavy atom. The van der Waals surface area contributed by atoms with E-state index < -0.39 is 16.7 Å². The van der Waals surface area contributed by atoms with Gasteiger partial charge in [0.05, 0.1) is 27.8 Å². The molecule has 156 valence electrons. The number of anilines is 2. The van der Waals surface area contributed by atoms with Crippen molar-refractivity contribution in [2.45, 2.75) is 6.92 Å². The molecule has 0 radical (unpaired) electrons. The molecule has 0 saturated carbocycles. The van der Waals surface area contributed by atoms with E-state index in [1.807, 2.05) is 25.1 Å². The average molecular weight is 424 g/mol. The van der Waals surface area contributed by atoms with Gasteiger partial charge in [0.1, 0.15) is 5.70 Å². The van der Waals surface area contributed by atoms with Crippen LogP contribution in [0.5, 0.6) is 0 Å². The molecule has 1 heterocycles. The van der Waals surface area contributed by atoms with Crippen LogP contribution in [0.3, 0.4) is 0 Å². The van der Waals surface area contributed by atoms with Crippen molar-refractivity contribution >= 4 is 34.4 Å². The van der Waals surface area contributed by atoms with E-state index in [-0.39, 0.29) is 17.0 Å². The highest BCUT2D eigenvalue weighted by atomic mass is 16.6. The molecule has 32 heavy (non-hydrogen) atoms. The number of carbonyl (C=O) groups excluding carboxylic acids is 2. The van der Waals surface area contributed by atoms with Crippen molar-refractivity contribution in [3.05, 3.63) is 105 Å². The Kier molecular flexibility index (Phi) is 5.23. The zero-order valence-corrected chi connectivity index (χ0v) is 16.9. The highest BCUT2D eigenvalue weighted by molar-refractivity contribution is 6.46. The van der Waals surface area contributed by atoms with Crippen LogP contribution in [0.4, 0.5) is 17.1 Å². The second kappa shape index (κ2) is 8.16. The predicted octanol–water partition coefficient (Wildman–Crippen LogP) is 4.17. The summed E-state index contributed by atoms with van der Waals surface area (Å²) in [6, 6.07) is 20.9. The van der Waals surface area contributed by atoms with Crippen LogP contribution < -0.4 is 10.2 Å². The molecule has 0 bridgehead atoms. The average Bonchev–Trinajstić information content (AvgIpc) is 3.04. The third-order valence-corrected chi connectivity index (χ3v) is 5.03. The van der Waals surface area contributed by atoms with E-state index >= 15 is 0 Å². The zero-order chi connectivity index (χ0) is 22.8. The smallest absolute Gasteiger partial charge is 0.282 e. The fraction of sp³-hybridized carbons (Fsp3) is 0.0417. The number of hydrogen-bond acceptors (Lipinski definition) is 6. The van der Waals surface area contributed by atoms with Gasteiger partial charge in [-0.2, -0.15) is 5.26 Å². The molecule has 8 heteroatoms. The summed E-state index contributed by atoms with van der Waals surface area (Å²) >= 11 is 0. The van der Waals surface area contributed by atoms with Gasteiger partial charge in [0, 0.05) is 17.8 Å². The first-order valence-electron chi connectivity index (χ1n) is 9.61. The standard InChI is InChI=1S/C24H16N4O4/c1-15-2-8-18(9-3-15)26-22-21(17-6-12-20(13-7-17)28(31)32)23(29)27(24(22)30)19-10-4-16(14-25)5-11-19/h2-13,26H,1H3. The van der Waals surface area contributed by atoms with Gasteiger partial charge in [-0.3, -0.25) is 19.7 Å². The molecule has 8 nitrogen and oxygen atoms in total. The van der Waals surface area contributed by atoms with Crippen molar-refractivity contribution in [2.75, 3.05) is 10.2 Å². The molecule has 0 aliphatic carbocycles. The molecule has 0 saturated heterocycles. The lowest BCUT2D eigenvalue weighted by Crippen LogP contribution is -2.32. The first-order chi connectivity index (χ1) is 15.4. The van der Waals surface area contributed by atoms with Crippen molar-refractivity contribution in [1.29, 1.82) is 5.26 Å². The van der Waals surface area contributed by atoms with Gasteiger partial charge in [-0.15, -0.1) is 0 Å². The largest absolute Gasteiger partial charge is 0.350 e. The number of nitrogens with zero attached hydrogens (tertiary/aromatic N) is 3. The highest BCUT2D eigenvalue weighted by Gasteiger charge is 2.40. The van der Waals surface area contributed by atoms with Gasteiger partial charge in [0.2, 0.25) is 0 Å². The molecule has 3 aromatic rings. The summed E-state index contributed by atoms with van der Waals surface area (Å²) in [7, 11) is 0. The van der Waals surface area contributed by atoms with Crippen LogP contribution in [0.2, 0.25) is 0 Å². The minimum Gasteiger partial charge on any atom is -0.350 e. The number of nitrogens with one attached hydrogen (secondary N) is 1. The second-order valence-electron chi connectivity index (χ2n) is 7.15. The fourth-order valence-corrected chi connectivity index (χ4v) is 3.36. The molecule has 1 aliphatic heterocycles. The SMILES string of the molecule is Cc1ccc(NC2=C(c3ccc([N+](=O)[O-])cc3)C(=O)N(c3ccc(C#N)cc3)C2=O)cc1. The van der Waals surface area contributed by atoms with E-state index in [9.17, 15) is 19.7 Å². The lowest BCUT2D eigenvalue weighted by atomic mass is 10.0. The van der Waals surface area contributed by atoms with Crippen LogP contribution in [0.15, 0.2) is 78.5 Å². The number of aryl methyl sites for hydroxylation is 1. The topological polar surface area (TPSA) is 116 Å². The van der Waals surface area contributed by atoms with Crippen molar-refractivity contribution in [2.24, 2.45) is 0 Å². The Labute approximate surface area is 183 Å². The molecule has 4 rings (SSSR count). The third kappa shape index (κ3) is 3.70. The van der Waals surface area contributed by atoms with Gasteiger partial charge in [-0.1, -0.05) is 17.7 Å². The third-order valence-electron chi connectivity index (χ3n) is 5.03. The Morgan fingerprint density at radius 2 is 1.53 bits per heavy atom. The number of benzene rings is 3. The van der Waals surface area contributed by atoms with Gasteiger partial charge in [-0.25, -0.2) is 4.90 Å². The maximum atomic E-state index is 13.4. The van der Waals surface area contributed by atoms with Gasteiger partial charge >= 0.3 is 0 Å². The second-order valence-corrected chi connectivity index (χ2v) is 7.15. The Balaban J connectivity index is 1.80. The summed E-state index contributed by atoms with van der Waals surface area (Å²) in [4.78, 5) is 38.2. The minimum absolute atomic E-state index is 0.0667. The van der Waals surface area contributed by atoms with E-state index in [0.717, 1.165) is 10.5 Å². The van der Waals surface area contributed by atoms with Gasteiger partial charge in [0.15, 0.2) is 0 Å². The summed E-state index contributed by atoms with van der Waals surface area (Å²) in [6.45, 7) is 1.93. The lowest BCUT2D eigenvalue weighted by molar-refractivity contribution is -0.384. The number of carbonyl (C=O) groups is 2. The monoisotopic (exact) mass is 424 g/mol. The Hall–Kier alpha value is -4.77. The van der Waals surface area contributed by atoms with Gasteiger partial charge < -0.3 is 5.32 Å². The summed E-state index contributed by atoms with van der Waals surface area (Å²) in [6.07, 6.45) is 0. The summed E-state index contributed by atoms with van der Waals surface area (Å²) in [5, 5.41) is 23.1. The number of amides is 2. The Bertz CT molecular complexity index is 1300. The normalized spacial score (nSPS) is 13.3. The van der Waals surface area contributed by atoms with Crippen LogP contribution in [-0.2, 0) is 9.59 Å². The Morgan fingerprint density at radius 1 is 0.906 bits per heavy atom. The van der Waals surface area contributed by atoms with E-state index in [0.29, 0.717) is 22.5 Å². The van der Waals surface area contributed by atoms with Gasteiger partial charge in [-0.05, 0) is 61.0 Å². The quantitative estimate of drug-likeness (QED) is 0.373. The molecule has 0 aromatic heterocycles. The molecule has 1 aliphatic rings. The van der Waals surface area contributed by atoms with E-state index in [2.05, 4.69) is 5.32 Å². The van der Waals surface area contributed by atoms with Crippen LogP contribution in [0, 0.1) is 28.4 Å². The molecule has 0 spiro atoms. The lowest BCUT2D eigenvalue weighted by Gasteiger charge is -2.15. The van der Waals surface area contributed by atoms with E-state index in [4.69, 9.17) is 5.26 Å². The number of hydrogen-bond donors (Lipinski definition) is 1. The number of rotatable bonds is 5. The number of nitro benzene ring substituents is 1. The maximum Gasteiger partial charge on any atom is 0.282 e. The minimum atomic E-state index is -0.567. The van der Waals surface area contributed by atoms with Crippen LogP contribution in [0.25, 0.3) is 5.57 Å². The molecule has 0 atom stereocenters. The molecule has 0 unspecified atom stereocenters. The van der Waals surface area contributed by atoms with Crippen LogP contribution in [0.1, 0.15) is 16.7 Å². The summed E-state index contributed by atoms with van der Waals surface area (Å²) < 4.78 is 0. The van der Waals surface area contributed by atoms with Crippen molar-refractivity contribution in [3.63, 3.8) is 0 Å². The maximum absolute atomic E-state index is 13.4. The fourth-order valence-electron chi connectivity index (χ4n) is 3.36. The molecule has 1 N–H and O–H groups in total. The molecule has 3 aromatic carbocycles. The van der Waals surface area contributed by atoms with Crippen LogP contribution in [-0.4, -0.2) is 16.7 Å². The molecular formula is C24H16N4O4. The number of non-ortho nitro benzene ring substituents is 1. The molecule has 2 amide bonds. The van der Waals surface area contributed by atoms with Gasteiger partial charge in [0.25, 0.3) is 17.5 Å². The predicted molar refractivity (Wildman–Crippen MR) is 118 cm³/mol. The van der Waals surface area contributed by atoms with Crippen molar-refractivity contribution in [1.82, 2.24) is 0 Å². The van der Waals surface area contributed by atoms with Crippen LogP contribution >= 0.6 is 0 Å². The van der Waals surface area contributed by atoms with E-state index in [1.165, 1.54) is 48.5 Å². The van der Waals surface area contributed by atoms with Crippen molar-refractivity contribution < 1.29 is 14.5 Å². The number of nitriles is 1. The van der Waals surface area contributed by atoms with E-state index in [1.54, 1.807) is 12.1 Å². The molecule has 0 fully saturated rings. The first-order valence-corrected chi connectivity index (χ1v) is 9.61. The highest BCUT2D eigenvalue weighted by Crippen LogP contribution is 2.34. The summed E-state index contributed by atoms with van der Waals surface area (Å²) in [5.74, 6) is -1.13.